The smallest absolute Gasteiger partial charge is 0.173 e. The van der Waals surface area contributed by atoms with Crippen LogP contribution < -0.4 is 10.6 Å². The number of ether oxygens (including phenoxy) is 1. The SMILES string of the molecule is COC(C)CN(C)c1cccc(Cl)c1/C(N)=N/O. The van der Waals surface area contributed by atoms with Crippen molar-refractivity contribution in [2.45, 2.75) is 13.0 Å². The number of rotatable bonds is 5. The fourth-order valence-corrected chi connectivity index (χ4v) is 1.96. The van der Waals surface area contributed by atoms with Gasteiger partial charge in [0.1, 0.15) is 0 Å². The number of benzene rings is 1. The Bertz CT molecular complexity index is 437. The second-order valence-corrected chi connectivity index (χ2v) is 4.45. The molecule has 1 rings (SSSR count). The molecule has 0 fully saturated rings. The summed E-state index contributed by atoms with van der Waals surface area (Å²) in [7, 11) is 3.55. The summed E-state index contributed by atoms with van der Waals surface area (Å²) in [4.78, 5) is 1.95. The zero-order chi connectivity index (χ0) is 13.7. The van der Waals surface area contributed by atoms with Crippen molar-refractivity contribution in [1.29, 1.82) is 0 Å². The van der Waals surface area contributed by atoms with Gasteiger partial charge < -0.3 is 20.6 Å². The number of oxime groups is 1. The molecule has 0 aliphatic heterocycles. The van der Waals surface area contributed by atoms with Crippen LogP contribution in [-0.2, 0) is 4.74 Å². The molecular formula is C12H18ClN3O2. The molecule has 0 aromatic heterocycles. The van der Waals surface area contributed by atoms with Crippen molar-refractivity contribution in [2.75, 3.05) is 25.6 Å². The lowest BCUT2D eigenvalue weighted by Gasteiger charge is -2.25. The second-order valence-electron chi connectivity index (χ2n) is 4.05. The van der Waals surface area contributed by atoms with Crippen molar-refractivity contribution in [3.05, 3.63) is 28.8 Å². The van der Waals surface area contributed by atoms with Gasteiger partial charge in [-0.3, -0.25) is 0 Å². The number of likely N-dealkylation sites (N-methyl/N-ethyl adjacent to an activating group) is 1. The van der Waals surface area contributed by atoms with Gasteiger partial charge in [0, 0.05) is 26.4 Å². The average Bonchev–Trinajstić information content (AvgIpc) is 2.37. The van der Waals surface area contributed by atoms with E-state index in [-0.39, 0.29) is 11.9 Å². The number of anilines is 1. The third kappa shape index (κ3) is 3.27. The summed E-state index contributed by atoms with van der Waals surface area (Å²) in [6.45, 7) is 2.63. The van der Waals surface area contributed by atoms with Crippen LogP contribution in [0, 0.1) is 0 Å². The van der Waals surface area contributed by atoms with Gasteiger partial charge in [0.05, 0.1) is 16.7 Å². The van der Waals surface area contributed by atoms with Gasteiger partial charge in [-0.25, -0.2) is 0 Å². The molecule has 100 valence electrons. The van der Waals surface area contributed by atoms with E-state index in [1.165, 1.54) is 0 Å². The molecule has 1 aromatic carbocycles. The van der Waals surface area contributed by atoms with Gasteiger partial charge in [-0.2, -0.15) is 0 Å². The highest BCUT2D eigenvalue weighted by atomic mass is 35.5. The maximum absolute atomic E-state index is 8.81. The lowest BCUT2D eigenvalue weighted by atomic mass is 10.1. The molecule has 0 saturated carbocycles. The molecule has 0 saturated heterocycles. The third-order valence-electron chi connectivity index (χ3n) is 2.70. The van der Waals surface area contributed by atoms with E-state index in [1.807, 2.05) is 31.0 Å². The Labute approximate surface area is 112 Å². The highest BCUT2D eigenvalue weighted by Gasteiger charge is 2.16. The predicted octanol–water partition coefficient (Wildman–Crippen LogP) is 1.91. The minimum absolute atomic E-state index is 0.00693. The summed E-state index contributed by atoms with van der Waals surface area (Å²) in [5, 5.41) is 12.3. The third-order valence-corrected chi connectivity index (χ3v) is 3.02. The van der Waals surface area contributed by atoms with Crippen LogP contribution in [0.4, 0.5) is 5.69 Å². The van der Waals surface area contributed by atoms with Crippen molar-refractivity contribution < 1.29 is 9.94 Å². The Kier molecular flexibility index (Phi) is 5.25. The first kappa shape index (κ1) is 14.6. The molecule has 1 unspecified atom stereocenters. The fourth-order valence-electron chi connectivity index (χ4n) is 1.69. The van der Waals surface area contributed by atoms with Gasteiger partial charge in [0.25, 0.3) is 0 Å². The number of amidine groups is 1. The van der Waals surface area contributed by atoms with E-state index >= 15 is 0 Å². The Morgan fingerprint density at radius 3 is 2.83 bits per heavy atom. The van der Waals surface area contributed by atoms with Crippen molar-refractivity contribution >= 4 is 23.1 Å². The molecular weight excluding hydrogens is 254 g/mol. The van der Waals surface area contributed by atoms with Gasteiger partial charge in [-0.1, -0.05) is 22.8 Å². The number of nitrogens with two attached hydrogens (primary N) is 1. The average molecular weight is 272 g/mol. The zero-order valence-corrected chi connectivity index (χ0v) is 11.5. The van der Waals surface area contributed by atoms with E-state index in [2.05, 4.69) is 5.16 Å². The van der Waals surface area contributed by atoms with Crippen LogP contribution in [-0.4, -0.2) is 37.8 Å². The van der Waals surface area contributed by atoms with E-state index in [4.69, 9.17) is 27.3 Å². The van der Waals surface area contributed by atoms with Gasteiger partial charge in [-0.05, 0) is 19.1 Å². The van der Waals surface area contributed by atoms with Gasteiger partial charge >= 0.3 is 0 Å². The van der Waals surface area contributed by atoms with Crippen molar-refractivity contribution in [3.8, 4) is 0 Å². The van der Waals surface area contributed by atoms with Crippen LogP contribution >= 0.6 is 11.6 Å². The highest BCUT2D eigenvalue weighted by Crippen LogP contribution is 2.26. The van der Waals surface area contributed by atoms with Crippen LogP contribution in [0.2, 0.25) is 5.02 Å². The summed E-state index contributed by atoms with van der Waals surface area (Å²) in [5.41, 5.74) is 6.97. The number of nitrogens with zero attached hydrogens (tertiary/aromatic N) is 2. The monoisotopic (exact) mass is 271 g/mol. The van der Waals surface area contributed by atoms with Crippen LogP contribution in [0.15, 0.2) is 23.4 Å². The number of hydrogen-bond donors (Lipinski definition) is 2. The minimum atomic E-state index is -0.00693. The molecule has 6 heteroatoms. The van der Waals surface area contributed by atoms with E-state index in [0.29, 0.717) is 17.1 Å². The second kappa shape index (κ2) is 6.47. The Morgan fingerprint density at radius 2 is 2.28 bits per heavy atom. The normalized spacial score (nSPS) is 13.4. The summed E-state index contributed by atoms with van der Waals surface area (Å²) >= 11 is 6.09. The lowest BCUT2D eigenvalue weighted by molar-refractivity contribution is 0.124. The Morgan fingerprint density at radius 1 is 1.61 bits per heavy atom. The standard InChI is InChI=1S/C12H18ClN3O2/c1-8(18-3)7-16(2)10-6-4-5-9(13)11(10)12(14)15-17/h4-6,8,17H,7H2,1-3H3,(H2,14,15). The first-order valence-electron chi connectivity index (χ1n) is 5.51. The Hall–Kier alpha value is -1.46. The number of halogens is 1. The molecule has 5 nitrogen and oxygen atoms in total. The van der Waals surface area contributed by atoms with Crippen LogP contribution in [0.3, 0.4) is 0 Å². The van der Waals surface area contributed by atoms with E-state index in [9.17, 15) is 0 Å². The molecule has 18 heavy (non-hydrogen) atoms. The van der Waals surface area contributed by atoms with Crippen LogP contribution in [0.5, 0.6) is 0 Å². The quantitative estimate of drug-likeness (QED) is 0.371. The first-order chi connectivity index (χ1) is 8.51. The lowest BCUT2D eigenvalue weighted by Crippen LogP contribution is -2.30. The van der Waals surface area contributed by atoms with Crippen molar-refractivity contribution in [3.63, 3.8) is 0 Å². The molecule has 0 heterocycles. The topological polar surface area (TPSA) is 71.1 Å². The van der Waals surface area contributed by atoms with Crippen molar-refractivity contribution in [2.24, 2.45) is 10.9 Å². The Balaban J connectivity index is 3.12. The number of hydrogen-bond acceptors (Lipinski definition) is 4. The van der Waals surface area contributed by atoms with Gasteiger partial charge in [-0.15, -0.1) is 0 Å². The van der Waals surface area contributed by atoms with Gasteiger partial charge in [0.15, 0.2) is 5.84 Å². The summed E-state index contributed by atoms with van der Waals surface area (Å²) in [5.74, 6) is -0.00693. The first-order valence-corrected chi connectivity index (χ1v) is 5.89. The molecule has 0 bridgehead atoms. The van der Waals surface area contributed by atoms with Crippen LogP contribution in [0.25, 0.3) is 0 Å². The van der Waals surface area contributed by atoms with E-state index < -0.39 is 0 Å². The van der Waals surface area contributed by atoms with E-state index in [0.717, 1.165) is 5.69 Å². The highest BCUT2D eigenvalue weighted by molar-refractivity contribution is 6.34. The molecule has 3 N–H and O–H groups in total. The molecule has 1 aromatic rings. The summed E-state index contributed by atoms with van der Waals surface area (Å²) < 4.78 is 5.21. The molecule has 0 radical (unpaired) electrons. The maximum atomic E-state index is 8.81. The zero-order valence-electron chi connectivity index (χ0n) is 10.7. The van der Waals surface area contributed by atoms with Crippen LogP contribution in [0.1, 0.15) is 12.5 Å². The molecule has 0 aliphatic carbocycles. The van der Waals surface area contributed by atoms with Gasteiger partial charge in [0.2, 0.25) is 0 Å². The molecule has 1 atom stereocenters. The maximum Gasteiger partial charge on any atom is 0.173 e. The fraction of sp³-hybridized carbons (Fsp3) is 0.417. The molecule has 0 spiro atoms. The molecule has 0 aliphatic rings. The van der Waals surface area contributed by atoms with Crippen molar-refractivity contribution in [1.82, 2.24) is 0 Å². The minimum Gasteiger partial charge on any atom is -0.409 e. The largest absolute Gasteiger partial charge is 0.409 e. The summed E-state index contributed by atoms with van der Waals surface area (Å²) in [6.07, 6.45) is 0.0640. The van der Waals surface area contributed by atoms with E-state index in [1.54, 1.807) is 13.2 Å². The number of methoxy groups -OCH3 is 1. The summed E-state index contributed by atoms with van der Waals surface area (Å²) in [6, 6.07) is 5.38. The predicted molar refractivity (Wildman–Crippen MR) is 73.7 cm³/mol. The molecule has 0 amide bonds.